The van der Waals surface area contributed by atoms with Crippen LogP contribution in [0.15, 0.2) is 0 Å². The summed E-state index contributed by atoms with van der Waals surface area (Å²) in [6.45, 7) is 3.02. The minimum Gasteiger partial charge on any atom is -0.330 e. The van der Waals surface area contributed by atoms with Gasteiger partial charge < -0.3 is 16.4 Å². The van der Waals surface area contributed by atoms with E-state index in [1.54, 1.807) is 0 Å². The zero-order valence-corrected chi connectivity index (χ0v) is 18.5. The molecule has 0 fully saturated rings. The van der Waals surface area contributed by atoms with Crippen LogP contribution in [0.3, 0.4) is 0 Å². The van der Waals surface area contributed by atoms with Crippen LogP contribution in [0.4, 0.5) is 0 Å². The highest BCUT2D eigenvalue weighted by Crippen LogP contribution is 2.15. The van der Waals surface area contributed by atoms with Crippen molar-refractivity contribution in [3.63, 3.8) is 0 Å². The molecule has 0 heterocycles. The van der Waals surface area contributed by atoms with Crippen LogP contribution < -0.4 is 11.5 Å². The van der Waals surface area contributed by atoms with Gasteiger partial charge in [0.2, 0.25) is 0 Å². The van der Waals surface area contributed by atoms with Crippen molar-refractivity contribution in [2.45, 2.75) is 128 Å². The summed E-state index contributed by atoms with van der Waals surface area (Å²) in [6.07, 6.45) is 23.4. The highest BCUT2D eigenvalue weighted by atomic mass is 15.1. The van der Waals surface area contributed by atoms with Crippen molar-refractivity contribution in [2.24, 2.45) is 11.5 Å². The molecular formula is C23H51N3. The third-order valence-corrected chi connectivity index (χ3v) is 5.76. The Morgan fingerprint density at radius 2 is 1.00 bits per heavy atom. The minimum absolute atomic E-state index is 0.274. The van der Waals surface area contributed by atoms with Gasteiger partial charge in [-0.1, -0.05) is 103 Å². The number of hydrogen-bond donors (Lipinski definition) is 2. The van der Waals surface area contributed by atoms with Gasteiger partial charge in [0.25, 0.3) is 0 Å². The zero-order valence-electron chi connectivity index (χ0n) is 18.5. The lowest BCUT2D eigenvalue weighted by Crippen LogP contribution is -2.45. The minimum atomic E-state index is 0.274. The number of unbranched alkanes of at least 4 members (excludes halogenated alkanes) is 14. The Hall–Kier alpha value is -0.120. The van der Waals surface area contributed by atoms with Crippen molar-refractivity contribution in [1.29, 1.82) is 0 Å². The van der Waals surface area contributed by atoms with Crippen LogP contribution in [0.5, 0.6) is 0 Å². The van der Waals surface area contributed by atoms with E-state index in [2.05, 4.69) is 25.9 Å². The van der Waals surface area contributed by atoms with Gasteiger partial charge in [-0.3, -0.25) is 0 Å². The molecule has 0 aromatic rings. The van der Waals surface area contributed by atoms with Crippen LogP contribution in [0.1, 0.15) is 116 Å². The Kier molecular flexibility index (Phi) is 19.5. The molecule has 0 spiro atoms. The molecule has 0 radical (unpaired) electrons. The lowest BCUT2D eigenvalue weighted by Gasteiger charge is -2.29. The molecule has 0 bridgehead atoms. The van der Waals surface area contributed by atoms with Crippen LogP contribution in [0.2, 0.25) is 0 Å². The second-order valence-electron chi connectivity index (χ2n) is 8.51. The molecule has 0 saturated carbocycles. The molecule has 0 aromatic heterocycles. The maximum atomic E-state index is 6.36. The Morgan fingerprint density at radius 3 is 1.35 bits per heavy atom. The van der Waals surface area contributed by atoms with Crippen molar-refractivity contribution < 1.29 is 0 Å². The molecule has 0 saturated heterocycles. The molecule has 0 rings (SSSR count). The molecule has 3 heteroatoms. The third-order valence-electron chi connectivity index (χ3n) is 5.76. The Balaban J connectivity index is 3.31. The van der Waals surface area contributed by atoms with Gasteiger partial charge >= 0.3 is 0 Å². The van der Waals surface area contributed by atoms with E-state index in [0.717, 1.165) is 19.4 Å². The van der Waals surface area contributed by atoms with Gasteiger partial charge in [0.15, 0.2) is 0 Å². The van der Waals surface area contributed by atoms with E-state index in [0.29, 0.717) is 6.04 Å². The molecule has 158 valence electrons. The van der Waals surface area contributed by atoms with Crippen LogP contribution in [-0.4, -0.2) is 37.6 Å². The summed E-state index contributed by atoms with van der Waals surface area (Å²) >= 11 is 0. The molecule has 0 amide bonds. The quantitative estimate of drug-likeness (QED) is 0.264. The van der Waals surface area contributed by atoms with E-state index in [1.165, 1.54) is 96.3 Å². The molecule has 0 aliphatic carbocycles. The molecule has 4 N–H and O–H groups in total. The second-order valence-corrected chi connectivity index (χ2v) is 8.51. The highest BCUT2D eigenvalue weighted by Gasteiger charge is 2.18. The first-order valence-electron chi connectivity index (χ1n) is 11.8. The number of nitrogens with zero attached hydrogens (tertiary/aromatic N) is 1. The van der Waals surface area contributed by atoms with E-state index >= 15 is 0 Å². The highest BCUT2D eigenvalue weighted by molar-refractivity contribution is 4.79. The normalized spacial score (nSPS) is 14.1. The summed E-state index contributed by atoms with van der Waals surface area (Å²) < 4.78 is 0. The Labute approximate surface area is 165 Å². The number of hydrogen-bond acceptors (Lipinski definition) is 3. The monoisotopic (exact) mass is 369 g/mol. The van der Waals surface area contributed by atoms with Crippen molar-refractivity contribution in [2.75, 3.05) is 20.6 Å². The molecule has 0 aliphatic heterocycles. The molecular weight excluding hydrogens is 318 g/mol. The predicted molar refractivity (Wildman–Crippen MR) is 119 cm³/mol. The third kappa shape index (κ3) is 16.1. The summed E-state index contributed by atoms with van der Waals surface area (Å²) in [5.41, 5.74) is 12.1. The molecule has 26 heavy (non-hydrogen) atoms. The van der Waals surface area contributed by atoms with Crippen molar-refractivity contribution >= 4 is 0 Å². The van der Waals surface area contributed by atoms with Gasteiger partial charge in [0, 0.05) is 12.1 Å². The SMILES string of the molecule is CCCCCCCCCCCCCCCCCC(N)C(CCN)N(C)C. The van der Waals surface area contributed by atoms with Crippen molar-refractivity contribution in [3.8, 4) is 0 Å². The van der Waals surface area contributed by atoms with Crippen LogP contribution in [-0.2, 0) is 0 Å². The van der Waals surface area contributed by atoms with Gasteiger partial charge in [-0.15, -0.1) is 0 Å². The largest absolute Gasteiger partial charge is 0.330 e. The molecule has 0 aromatic carbocycles. The number of rotatable bonds is 20. The summed E-state index contributed by atoms with van der Waals surface area (Å²) in [7, 11) is 4.24. The Morgan fingerprint density at radius 1 is 0.615 bits per heavy atom. The lowest BCUT2D eigenvalue weighted by molar-refractivity contribution is 0.233. The molecule has 2 unspecified atom stereocenters. The summed E-state index contributed by atoms with van der Waals surface area (Å²) in [4.78, 5) is 2.24. The predicted octanol–water partition coefficient (Wildman–Crippen LogP) is 5.85. The van der Waals surface area contributed by atoms with E-state index in [4.69, 9.17) is 11.5 Å². The maximum Gasteiger partial charge on any atom is 0.0253 e. The van der Waals surface area contributed by atoms with E-state index < -0.39 is 0 Å². The molecule has 2 atom stereocenters. The van der Waals surface area contributed by atoms with Crippen LogP contribution in [0.25, 0.3) is 0 Å². The standard InChI is InChI=1S/C23H51N3/c1-4-5-6-7-8-9-10-11-12-13-14-15-16-17-18-19-22(25)23(20-21-24)26(2)3/h22-23H,4-21,24-25H2,1-3H3. The Bertz CT molecular complexity index is 268. The lowest BCUT2D eigenvalue weighted by atomic mass is 9.97. The van der Waals surface area contributed by atoms with E-state index in [9.17, 15) is 0 Å². The summed E-state index contributed by atoms with van der Waals surface area (Å²) in [6, 6.07) is 0.710. The van der Waals surface area contributed by atoms with Gasteiger partial charge in [-0.05, 0) is 33.5 Å². The fourth-order valence-corrected chi connectivity index (χ4v) is 3.97. The molecule has 3 nitrogen and oxygen atoms in total. The van der Waals surface area contributed by atoms with Gasteiger partial charge in [0.05, 0.1) is 0 Å². The van der Waals surface area contributed by atoms with Crippen molar-refractivity contribution in [3.05, 3.63) is 0 Å². The maximum absolute atomic E-state index is 6.36. The van der Waals surface area contributed by atoms with Gasteiger partial charge in [-0.2, -0.15) is 0 Å². The summed E-state index contributed by atoms with van der Waals surface area (Å²) in [5, 5.41) is 0. The smallest absolute Gasteiger partial charge is 0.0253 e. The van der Waals surface area contributed by atoms with Crippen molar-refractivity contribution in [1.82, 2.24) is 4.90 Å². The van der Waals surface area contributed by atoms with Crippen LogP contribution in [0, 0.1) is 0 Å². The van der Waals surface area contributed by atoms with E-state index in [1.807, 2.05) is 0 Å². The first-order chi connectivity index (χ1) is 12.6. The van der Waals surface area contributed by atoms with E-state index in [-0.39, 0.29) is 6.04 Å². The topological polar surface area (TPSA) is 55.3 Å². The first-order valence-corrected chi connectivity index (χ1v) is 11.8. The van der Waals surface area contributed by atoms with Gasteiger partial charge in [-0.25, -0.2) is 0 Å². The average Bonchev–Trinajstić information content (AvgIpc) is 2.62. The molecule has 0 aliphatic rings. The summed E-state index contributed by atoms with van der Waals surface area (Å²) in [5.74, 6) is 0. The fraction of sp³-hybridized carbons (Fsp3) is 1.00. The second kappa shape index (κ2) is 19.6. The number of likely N-dealkylation sites (N-methyl/N-ethyl adjacent to an activating group) is 1. The number of nitrogens with two attached hydrogens (primary N) is 2. The zero-order chi connectivity index (χ0) is 19.5. The van der Waals surface area contributed by atoms with Gasteiger partial charge in [0.1, 0.15) is 0 Å². The fourth-order valence-electron chi connectivity index (χ4n) is 3.97. The average molecular weight is 370 g/mol. The van der Waals surface area contributed by atoms with Crippen LogP contribution >= 0.6 is 0 Å². The first kappa shape index (κ1) is 25.9.